The van der Waals surface area contributed by atoms with Crippen LogP contribution in [0.3, 0.4) is 0 Å². The van der Waals surface area contributed by atoms with Crippen LogP contribution in [0.25, 0.3) is 0 Å². The van der Waals surface area contributed by atoms with E-state index in [1.807, 2.05) is 0 Å². The maximum Gasteiger partial charge on any atom is 0.237 e. The second-order valence-electron chi connectivity index (χ2n) is 4.03. The molecule has 0 aromatic heterocycles. The number of nitrogens with one attached hydrogen (secondary N) is 1. The van der Waals surface area contributed by atoms with Gasteiger partial charge in [-0.25, -0.2) is 8.42 Å². The van der Waals surface area contributed by atoms with Gasteiger partial charge in [-0.2, -0.15) is 15.6 Å². The van der Waals surface area contributed by atoms with Gasteiger partial charge in [0.2, 0.25) is 5.71 Å². The Morgan fingerprint density at radius 1 is 1.35 bits per heavy atom. The fourth-order valence-corrected chi connectivity index (χ4v) is 2.47. The molecule has 0 amide bonds. The van der Waals surface area contributed by atoms with Crippen LogP contribution < -0.4 is 5.43 Å². The van der Waals surface area contributed by atoms with Crippen molar-refractivity contribution in [1.29, 1.82) is 10.5 Å². The van der Waals surface area contributed by atoms with Gasteiger partial charge >= 0.3 is 0 Å². The number of hydrazone groups is 1. The largest absolute Gasteiger partial charge is 0.275 e. The number of hydrogen-bond donors (Lipinski definition) is 1. The highest BCUT2D eigenvalue weighted by Crippen LogP contribution is 2.27. The molecule has 8 heteroatoms. The molecule has 0 atom stereocenters. The number of rotatable bonds is 4. The zero-order chi connectivity index (χ0) is 15.3. The second-order valence-corrected chi connectivity index (χ2v) is 6.94. The lowest BCUT2D eigenvalue weighted by molar-refractivity contribution is 0.587. The fourth-order valence-electron chi connectivity index (χ4n) is 1.23. The van der Waals surface area contributed by atoms with Gasteiger partial charge in [-0.05, 0) is 32.0 Å². The zero-order valence-electron chi connectivity index (χ0n) is 10.8. The van der Waals surface area contributed by atoms with E-state index < -0.39 is 20.8 Å². The molecule has 104 valence electrons. The first-order valence-electron chi connectivity index (χ1n) is 5.50. The highest BCUT2D eigenvalue weighted by molar-refractivity contribution is 7.92. The lowest BCUT2D eigenvalue weighted by atomic mass is 10.3. The standard InChI is InChI=1S/C12H11ClN4O2S/c1-8(2)20(18,19)10-3-4-11(13)12(5-10)17-16-9(6-14)7-15/h3-5,8,17H,1-2H3. The molecule has 6 nitrogen and oxygen atoms in total. The summed E-state index contributed by atoms with van der Waals surface area (Å²) in [6.07, 6.45) is 0. The van der Waals surface area contributed by atoms with Crippen molar-refractivity contribution in [2.75, 3.05) is 5.43 Å². The van der Waals surface area contributed by atoms with E-state index in [-0.39, 0.29) is 15.6 Å². The maximum absolute atomic E-state index is 12.0. The number of anilines is 1. The Morgan fingerprint density at radius 3 is 2.45 bits per heavy atom. The van der Waals surface area contributed by atoms with Gasteiger partial charge in [-0.3, -0.25) is 5.43 Å². The quantitative estimate of drug-likeness (QED) is 0.678. The molecule has 0 aliphatic rings. The summed E-state index contributed by atoms with van der Waals surface area (Å²) in [6, 6.07) is 7.25. The number of halogens is 1. The molecule has 20 heavy (non-hydrogen) atoms. The molecular weight excluding hydrogens is 300 g/mol. The van der Waals surface area contributed by atoms with Gasteiger partial charge in [0.15, 0.2) is 9.84 Å². The highest BCUT2D eigenvalue weighted by atomic mass is 35.5. The molecular formula is C12H11ClN4O2S. The molecule has 1 aromatic carbocycles. The van der Waals surface area contributed by atoms with E-state index in [1.54, 1.807) is 26.0 Å². The molecule has 1 rings (SSSR count). The summed E-state index contributed by atoms with van der Waals surface area (Å²) in [7, 11) is -3.44. The van der Waals surface area contributed by atoms with Crippen LogP contribution in [0.1, 0.15) is 13.8 Å². The second kappa shape index (κ2) is 6.38. The molecule has 0 radical (unpaired) electrons. The number of sulfone groups is 1. The molecule has 0 saturated heterocycles. The van der Waals surface area contributed by atoms with E-state index in [0.29, 0.717) is 0 Å². The number of hydrogen-bond acceptors (Lipinski definition) is 6. The van der Waals surface area contributed by atoms with Crippen molar-refractivity contribution in [1.82, 2.24) is 0 Å². The van der Waals surface area contributed by atoms with Crippen molar-refractivity contribution in [2.24, 2.45) is 5.10 Å². The normalized spacial score (nSPS) is 10.5. The third-order valence-corrected chi connectivity index (χ3v) is 4.87. The Kier molecular flexibility index (Phi) is 5.09. The topological polar surface area (TPSA) is 106 Å². The first-order chi connectivity index (χ1) is 9.32. The molecule has 0 fully saturated rings. The SMILES string of the molecule is CC(C)S(=O)(=O)c1ccc(Cl)c(NN=C(C#N)C#N)c1. The summed E-state index contributed by atoms with van der Waals surface area (Å²) in [5.74, 6) is 0. The third kappa shape index (κ3) is 3.47. The van der Waals surface area contributed by atoms with Crippen molar-refractivity contribution in [3.05, 3.63) is 23.2 Å². The molecule has 0 heterocycles. The van der Waals surface area contributed by atoms with E-state index in [1.165, 1.54) is 18.2 Å². The van der Waals surface area contributed by atoms with E-state index >= 15 is 0 Å². The molecule has 0 aliphatic carbocycles. The third-order valence-electron chi connectivity index (χ3n) is 2.39. The molecule has 0 aliphatic heterocycles. The van der Waals surface area contributed by atoms with Crippen molar-refractivity contribution in [3.63, 3.8) is 0 Å². The van der Waals surface area contributed by atoms with Crippen LogP contribution in [0, 0.1) is 22.7 Å². The van der Waals surface area contributed by atoms with Gasteiger partial charge in [-0.1, -0.05) is 11.6 Å². The van der Waals surface area contributed by atoms with Gasteiger partial charge < -0.3 is 0 Å². The van der Waals surface area contributed by atoms with Crippen LogP contribution in [0.15, 0.2) is 28.2 Å². The smallest absolute Gasteiger partial charge is 0.237 e. The lowest BCUT2D eigenvalue weighted by Crippen LogP contribution is -2.14. The Morgan fingerprint density at radius 2 is 1.95 bits per heavy atom. The van der Waals surface area contributed by atoms with Crippen molar-refractivity contribution in [2.45, 2.75) is 24.0 Å². The Bertz CT molecular complexity index is 711. The van der Waals surface area contributed by atoms with E-state index in [0.717, 1.165) is 0 Å². The molecule has 0 spiro atoms. The first-order valence-corrected chi connectivity index (χ1v) is 7.42. The van der Waals surface area contributed by atoms with Crippen LogP contribution in [-0.4, -0.2) is 19.4 Å². The first kappa shape index (κ1) is 16.0. The van der Waals surface area contributed by atoms with Gasteiger partial charge in [-0.15, -0.1) is 0 Å². The van der Waals surface area contributed by atoms with Gasteiger partial charge in [0.25, 0.3) is 0 Å². The summed E-state index contributed by atoms with van der Waals surface area (Å²) in [4.78, 5) is 0.0880. The molecule has 1 aromatic rings. The van der Waals surface area contributed by atoms with Crippen molar-refractivity contribution in [3.8, 4) is 12.1 Å². The minimum atomic E-state index is -3.44. The number of nitriles is 2. The van der Waals surface area contributed by atoms with Crippen molar-refractivity contribution >= 4 is 32.8 Å². The minimum Gasteiger partial charge on any atom is -0.275 e. The van der Waals surface area contributed by atoms with E-state index in [4.69, 9.17) is 22.1 Å². The van der Waals surface area contributed by atoms with Gasteiger partial charge in [0.05, 0.1) is 20.9 Å². The summed E-state index contributed by atoms with van der Waals surface area (Å²) >= 11 is 5.90. The van der Waals surface area contributed by atoms with Gasteiger partial charge in [0.1, 0.15) is 12.1 Å². The fraction of sp³-hybridized carbons (Fsp3) is 0.250. The Balaban J connectivity index is 3.22. The predicted octanol–water partition coefficient (Wildman–Crippen LogP) is 2.34. The van der Waals surface area contributed by atoms with Crippen LogP contribution in [0.5, 0.6) is 0 Å². The van der Waals surface area contributed by atoms with Crippen LogP contribution in [-0.2, 0) is 9.84 Å². The average molecular weight is 311 g/mol. The Labute approximate surface area is 122 Å². The van der Waals surface area contributed by atoms with Crippen molar-refractivity contribution < 1.29 is 8.42 Å². The summed E-state index contributed by atoms with van der Waals surface area (Å²) in [5.41, 5.74) is 2.23. The molecule has 0 bridgehead atoms. The summed E-state index contributed by atoms with van der Waals surface area (Å²) in [5, 5.41) is 20.3. The lowest BCUT2D eigenvalue weighted by Gasteiger charge is -2.10. The monoisotopic (exact) mass is 310 g/mol. The van der Waals surface area contributed by atoms with Gasteiger partial charge in [0, 0.05) is 0 Å². The summed E-state index contributed by atoms with van der Waals surface area (Å²) < 4.78 is 24.1. The minimum absolute atomic E-state index is 0.0880. The summed E-state index contributed by atoms with van der Waals surface area (Å²) in [6.45, 7) is 3.14. The molecule has 1 N–H and O–H groups in total. The molecule has 0 saturated carbocycles. The van der Waals surface area contributed by atoms with Crippen LogP contribution >= 0.6 is 11.6 Å². The van der Waals surface area contributed by atoms with E-state index in [9.17, 15) is 8.42 Å². The highest BCUT2D eigenvalue weighted by Gasteiger charge is 2.20. The van der Waals surface area contributed by atoms with E-state index in [2.05, 4.69) is 10.5 Å². The number of nitrogens with zero attached hydrogens (tertiary/aromatic N) is 3. The zero-order valence-corrected chi connectivity index (χ0v) is 12.3. The molecule has 0 unspecified atom stereocenters. The van der Waals surface area contributed by atoms with Crippen LogP contribution in [0.2, 0.25) is 5.02 Å². The maximum atomic E-state index is 12.0. The Hall–Kier alpha value is -2.09. The predicted molar refractivity (Wildman–Crippen MR) is 76.1 cm³/mol. The van der Waals surface area contributed by atoms with Crippen LogP contribution in [0.4, 0.5) is 5.69 Å². The number of benzene rings is 1. The average Bonchev–Trinajstić information content (AvgIpc) is 2.41.